The Morgan fingerprint density at radius 2 is 2.05 bits per heavy atom. The minimum Gasteiger partial charge on any atom is -0.392 e. The zero-order valence-corrected chi connectivity index (χ0v) is 11.3. The SMILES string of the molecule is CNC(=O)c1cc(NCc2cccc(CO)c2)ccn1. The van der Waals surface area contributed by atoms with Gasteiger partial charge < -0.3 is 15.7 Å². The van der Waals surface area contributed by atoms with E-state index in [4.69, 9.17) is 5.11 Å². The fraction of sp³-hybridized carbons (Fsp3) is 0.200. The molecule has 1 aromatic heterocycles. The lowest BCUT2D eigenvalue weighted by Crippen LogP contribution is -2.19. The third-order valence-corrected chi connectivity index (χ3v) is 2.89. The number of pyridine rings is 1. The third-order valence-electron chi connectivity index (χ3n) is 2.89. The summed E-state index contributed by atoms with van der Waals surface area (Å²) in [4.78, 5) is 15.5. The monoisotopic (exact) mass is 271 g/mol. The molecule has 5 heteroatoms. The Kier molecular flexibility index (Phi) is 4.68. The van der Waals surface area contributed by atoms with Crippen molar-refractivity contribution in [1.29, 1.82) is 0 Å². The third kappa shape index (κ3) is 3.55. The summed E-state index contributed by atoms with van der Waals surface area (Å²) < 4.78 is 0. The van der Waals surface area contributed by atoms with E-state index < -0.39 is 0 Å². The normalized spacial score (nSPS) is 10.1. The van der Waals surface area contributed by atoms with Gasteiger partial charge in [-0.3, -0.25) is 9.78 Å². The van der Waals surface area contributed by atoms with Gasteiger partial charge in [0.1, 0.15) is 5.69 Å². The van der Waals surface area contributed by atoms with Gasteiger partial charge in [-0.15, -0.1) is 0 Å². The molecule has 0 atom stereocenters. The predicted octanol–water partition coefficient (Wildman–Crippen LogP) is 1.55. The minimum absolute atomic E-state index is 0.0317. The molecule has 0 spiro atoms. The molecule has 0 saturated carbocycles. The Morgan fingerprint density at radius 1 is 1.25 bits per heavy atom. The Bertz CT molecular complexity index is 599. The van der Waals surface area contributed by atoms with Crippen molar-refractivity contribution in [3.8, 4) is 0 Å². The van der Waals surface area contributed by atoms with Crippen molar-refractivity contribution < 1.29 is 9.90 Å². The second kappa shape index (κ2) is 6.68. The van der Waals surface area contributed by atoms with Crippen LogP contribution in [0.2, 0.25) is 0 Å². The van der Waals surface area contributed by atoms with Crippen molar-refractivity contribution in [2.45, 2.75) is 13.2 Å². The quantitative estimate of drug-likeness (QED) is 0.771. The van der Waals surface area contributed by atoms with Crippen LogP contribution in [0.3, 0.4) is 0 Å². The molecule has 104 valence electrons. The molecule has 0 radical (unpaired) electrons. The Balaban J connectivity index is 2.05. The molecule has 3 N–H and O–H groups in total. The number of aliphatic hydroxyl groups excluding tert-OH is 1. The summed E-state index contributed by atoms with van der Waals surface area (Å²) in [5, 5.41) is 14.9. The molecular weight excluding hydrogens is 254 g/mol. The van der Waals surface area contributed by atoms with E-state index in [1.807, 2.05) is 30.3 Å². The van der Waals surface area contributed by atoms with Crippen LogP contribution < -0.4 is 10.6 Å². The van der Waals surface area contributed by atoms with Crippen LogP contribution in [0.1, 0.15) is 21.6 Å². The number of rotatable bonds is 5. The molecule has 0 aliphatic carbocycles. The van der Waals surface area contributed by atoms with Gasteiger partial charge in [0.05, 0.1) is 6.61 Å². The van der Waals surface area contributed by atoms with Crippen LogP contribution in [0.4, 0.5) is 5.69 Å². The number of anilines is 1. The molecule has 20 heavy (non-hydrogen) atoms. The maximum Gasteiger partial charge on any atom is 0.269 e. The zero-order valence-electron chi connectivity index (χ0n) is 11.3. The largest absolute Gasteiger partial charge is 0.392 e. The van der Waals surface area contributed by atoms with Crippen LogP contribution in [0.25, 0.3) is 0 Å². The molecular formula is C15H17N3O2. The molecule has 5 nitrogen and oxygen atoms in total. The average Bonchev–Trinajstić information content (AvgIpc) is 2.52. The van der Waals surface area contributed by atoms with Crippen LogP contribution in [-0.2, 0) is 13.2 Å². The highest BCUT2D eigenvalue weighted by Gasteiger charge is 2.05. The summed E-state index contributed by atoms with van der Waals surface area (Å²) in [5.74, 6) is -0.212. The number of nitrogens with one attached hydrogen (secondary N) is 2. The van der Waals surface area contributed by atoms with Crippen LogP contribution in [0, 0.1) is 0 Å². The van der Waals surface area contributed by atoms with Crippen molar-refractivity contribution in [2.75, 3.05) is 12.4 Å². The Morgan fingerprint density at radius 3 is 2.80 bits per heavy atom. The van der Waals surface area contributed by atoms with Gasteiger partial charge >= 0.3 is 0 Å². The second-order valence-corrected chi connectivity index (χ2v) is 4.34. The number of nitrogens with zero attached hydrogens (tertiary/aromatic N) is 1. The highest BCUT2D eigenvalue weighted by atomic mass is 16.3. The molecule has 0 bridgehead atoms. The summed E-state index contributed by atoms with van der Waals surface area (Å²) in [6, 6.07) is 11.2. The number of carbonyl (C=O) groups is 1. The standard InChI is InChI=1S/C15H17N3O2/c1-16-15(20)14-8-13(5-6-17-14)18-9-11-3-2-4-12(7-11)10-19/h2-8,19H,9-10H2,1H3,(H,16,20)(H,17,18). The van der Waals surface area contributed by atoms with E-state index in [0.29, 0.717) is 12.2 Å². The first-order valence-electron chi connectivity index (χ1n) is 6.33. The summed E-state index contributed by atoms with van der Waals surface area (Å²) >= 11 is 0. The molecule has 1 heterocycles. The minimum atomic E-state index is -0.212. The topological polar surface area (TPSA) is 74.2 Å². The van der Waals surface area contributed by atoms with Gasteiger partial charge in [-0.25, -0.2) is 0 Å². The predicted molar refractivity (Wildman–Crippen MR) is 77.3 cm³/mol. The van der Waals surface area contributed by atoms with E-state index in [-0.39, 0.29) is 12.5 Å². The molecule has 1 aromatic carbocycles. The van der Waals surface area contributed by atoms with Gasteiger partial charge in [-0.05, 0) is 23.3 Å². The highest BCUT2D eigenvalue weighted by molar-refractivity contribution is 5.92. The fourth-order valence-electron chi connectivity index (χ4n) is 1.83. The van der Waals surface area contributed by atoms with Crippen LogP contribution in [0.5, 0.6) is 0 Å². The fourth-order valence-corrected chi connectivity index (χ4v) is 1.83. The molecule has 0 fully saturated rings. The summed E-state index contributed by atoms with van der Waals surface area (Å²) in [7, 11) is 1.57. The number of benzene rings is 1. The molecule has 0 unspecified atom stereocenters. The van der Waals surface area contributed by atoms with Crippen LogP contribution in [0.15, 0.2) is 42.6 Å². The summed E-state index contributed by atoms with van der Waals surface area (Å²) in [6.45, 7) is 0.648. The number of amides is 1. The maximum atomic E-state index is 11.5. The number of hydrogen-bond acceptors (Lipinski definition) is 4. The number of carbonyl (C=O) groups excluding carboxylic acids is 1. The lowest BCUT2D eigenvalue weighted by molar-refractivity contribution is 0.0958. The molecule has 2 rings (SSSR count). The second-order valence-electron chi connectivity index (χ2n) is 4.34. The first-order valence-corrected chi connectivity index (χ1v) is 6.33. The van der Waals surface area contributed by atoms with Crippen LogP contribution in [-0.4, -0.2) is 23.0 Å². The smallest absolute Gasteiger partial charge is 0.269 e. The van der Waals surface area contributed by atoms with Gasteiger partial charge in [0.15, 0.2) is 0 Å². The van der Waals surface area contributed by atoms with Gasteiger partial charge in [0, 0.05) is 25.5 Å². The molecule has 0 saturated heterocycles. The van der Waals surface area contributed by atoms with E-state index in [1.54, 1.807) is 19.3 Å². The van der Waals surface area contributed by atoms with Crippen molar-refractivity contribution in [2.24, 2.45) is 0 Å². The molecule has 0 aliphatic heterocycles. The lowest BCUT2D eigenvalue weighted by Gasteiger charge is -2.08. The van der Waals surface area contributed by atoms with Gasteiger partial charge in [-0.2, -0.15) is 0 Å². The van der Waals surface area contributed by atoms with Crippen molar-refractivity contribution in [1.82, 2.24) is 10.3 Å². The van der Waals surface area contributed by atoms with E-state index in [1.165, 1.54) is 0 Å². The molecule has 1 amide bonds. The zero-order chi connectivity index (χ0) is 14.4. The molecule has 2 aromatic rings. The number of hydrogen-bond donors (Lipinski definition) is 3. The average molecular weight is 271 g/mol. The Hall–Kier alpha value is -2.40. The summed E-state index contributed by atoms with van der Waals surface area (Å²) in [5.41, 5.74) is 3.15. The van der Waals surface area contributed by atoms with E-state index in [0.717, 1.165) is 16.8 Å². The van der Waals surface area contributed by atoms with Crippen molar-refractivity contribution in [3.05, 3.63) is 59.4 Å². The van der Waals surface area contributed by atoms with Gasteiger partial charge in [-0.1, -0.05) is 24.3 Å². The number of aliphatic hydroxyl groups is 1. The lowest BCUT2D eigenvalue weighted by atomic mass is 10.1. The first-order chi connectivity index (χ1) is 9.72. The van der Waals surface area contributed by atoms with E-state index in [2.05, 4.69) is 15.6 Å². The van der Waals surface area contributed by atoms with Crippen molar-refractivity contribution >= 4 is 11.6 Å². The molecule has 0 aliphatic rings. The maximum absolute atomic E-state index is 11.5. The van der Waals surface area contributed by atoms with E-state index >= 15 is 0 Å². The number of aromatic nitrogens is 1. The van der Waals surface area contributed by atoms with Crippen molar-refractivity contribution in [3.63, 3.8) is 0 Å². The Labute approximate surface area is 117 Å². The highest BCUT2D eigenvalue weighted by Crippen LogP contribution is 2.11. The van der Waals surface area contributed by atoms with Gasteiger partial charge in [0.2, 0.25) is 0 Å². The van der Waals surface area contributed by atoms with Crippen LogP contribution >= 0.6 is 0 Å². The first kappa shape index (κ1) is 14.0. The van der Waals surface area contributed by atoms with E-state index in [9.17, 15) is 4.79 Å². The van der Waals surface area contributed by atoms with Gasteiger partial charge in [0.25, 0.3) is 5.91 Å². The summed E-state index contributed by atoms with van der Waals surface area (Å²) in [6.07, 6.45) is 1.59.